The molecule has 2 atom stereocenters. The van der Waals surface area contributed by atoms with Gasteiger partial charge in [0.05, 0.1) is 6.33 Å². The molecule has 1 fully saturated rings. The number of rotatable bonds is 5. The fraction of sp³-hybridized carbons (Fsp3) is 0.727. The van der Waals surface area contributed by atoms with Crippen molar-refractivity contribution >= 4 is 0 Å². The lowest BCUT2D eigenvalue weighted by Gasteiger charge is -2.19. The van der Waals surface area contributed by atoms with E-state index in [-0.39, 0.29) is 0 Å². The molecule has 14 heavy (non-hydrogen) atoms. The van der Waals surface area contributed by atoms with E-state index in [4.69, 9.17) is 0 Å². The molecule has 2 rings (SSSR count). The molecular formula is C11H19N3. The normalized spacial score (nSPS) is 20.7. The minimum Gasteiger partial charge on any atom is -0.336 e. The average Bonchev–Trinajstić information content (AvgIpc) is 2.87. The first-order chi connectivity index (χ1) is 6.75. The molecule has 0 saturated heterocycles. The number of imidazole rings is 1. The smallest absolute Gasteiger partial charge is 0.0946 e. The molecule has 3 nitrogen and oxygen atoms in total. The number of nitrogens with zero attached hydrogens (tertiary/aromatic N) is 2. The van der Waals surface area contributed by atoms with Gasteiger partial charge in [-0.3, -0.25) is 0 Å². The van der Waals surface area contributed by atoms with Crippen molar-refractivity contribution in [1.82, 2.24) is 14.9 Å². The van der Waals surface area contributed by atoms with Gasteiger partial charge in [0.1, 0.15) is 0 Å². The molecule has 2 unspecified atom stereocenters. The van der Waals surface area contributed by atoms with E-state index in [1.54, 1.807) is 0 Å². The molecule has 78 valence electrons. The molecule has 1 saturated carbocycles. The Hall–Kier alpha value is -0.830. The van der Waals surface area contributed by atoms with Gasteiger partial charge in [-0.1, -0.05) is 0 Å². The highest BCUT2D eigenvalue weighted by molar-refractivity contribution is 4.85. The summed E-state index contributed by atoms with van der Waals surface area (Å²) >= 11 is 0. The van der Waals surface area contributed by atoms with E-state index in [2.05, 4.69) is 28.7 Å². The van der Waals surface area contributed by atoms with E-state index in [1.807, 2.05) is 18.7 Å². The van der Waals surface area contributed by atoms with Gasteiger partial charge in [0.15, 0.2) is 0 Å². The molecule has 1 N–H and O–H groups in total. The number of hydrogen-bond donors (Lipinski definition) is 1. The summed E-state index contributed by atoms with van der Waals surface area (Å²) in [5.74, 6) is 0.931. The van der Waals surface area contributed by atoms with Crippen LogP contribution in [0.5, 0.6) is 0 Å². The lowest BCUT2D eigenvalue weighted by Crippen LogP contribution is -2.38. The third-order valence-electron chi connectivity index (χ3n) is 2.92. The zero-order chi connectivity index (χ0) is 9.97. The van der Waals surface area contributed by atoms with Crippen LogP contribution in [0, 0.1) is 5.92 Å². The highest BCUT2D eigenvalue weighted by Gasteiger charge is 2.28. The van der Waals surface area contributed by atoms with Crippen LogP contribution in [-0.2, 0) is 6.54 Å². The van der Waals surface area contributed by atoms with Gasteiger partial charge in [-0.15, -0.1) is 0 Å². The zero-order valence-corrected chi connectivity index (χ0v) is 8.98. The predicted octanol–water partition coefficient (Wildman–Crippen LogP) is 1.66. The second-order valence-corrected chi connectivity index (χ2v) is 4.45. The van der Waals surface area contributed by atoms with Gasteiger partial charge in [0, 0.05) is 31.0 Å². The maximum absolute atomic E-state index is 4.04. The lowest BCUT2D eigenvalue weighted by molar-refractivity contribution is 0.397. The SMILES string of the molecule is CC(Cn1ccnc1)NC(C)C1CC1. The largest absolute Gasteiger partial charge is 0.336 e. The van der Waals surface area contributed by atoms with Crippen LogP contribution in [0.15, 0.2) is 18.7 Å². The Morgan fingerprint density at radius 3 is 2.86 bits per heavy atom. The molecule has 0 radical (unpaired) electrons. The Morgan fingerprint density at radius 2 is 2.29 bits per heavy atom. The van der Waals surface area contributed by atoms with Crippen LogP contribution in [0.4, 0.5) is 0 Å². The Kier molecular flexibility index (Phi) is 2.87. The standard InChI is InChI=1S/C11H19N3/c1-9(7-14-6-5-12-8-14)13-10(2)11-3-4-11/h5-6,8-11,13H,3-4,7H2,1-2H3. The van der Waals surface area contributed by atoms with Crippen LogP contribution in [0.25, 0.3) is 0 Å². The summed E-state index contributed by atoms with van der Waals surface area (Å²) in [6, 6.07) is 1.20. The van der Waals surface area contributed by atoms with Gasteiger partial charge in [0.25, 0.3) is 0 Å². The first kappa shape index (κ1) is 9.71. The highest BCUT2D eigenvalue weighted by Crippen LogP contribution is 2.32. The first-order valence-electron chi connectivity index (χ1n) is 5.47. The summed E-state index contributed by atoms with van der Waals surface area (Å²) in [4.78, 5) is 4.04. The van der Waals surface area contributed by atoms with E-state index < -0.39 is 0 Å². The second kappa shape index (κ2) is 4.13. The van der Waals surface area contributed by atoms with Crippen LogP contribution < -0.4 is 5.32 Å². The molecule has 0 amide bonds. The van der Waals surface area contributed by atoms with Gasteiger partial charge in [-0.05, 0) is 32.6 Å². The molecule has 0 aromatic carbocycles. The van der Waals surface area contributed by atoms with Crippen molar-refractivity contribution in [3.05, 3.63) is 18.7 Å². The quantitative estimate of drug-likeness (QED) is 0.770. The monoisotopic (exact) mass is 193 g/mol. The van der Waals surface area contributed by atoms with Crippen molar-refractivity contribution in [3.63, 3.8) is 0 Å². The van der Waals surface area contributed by atoms with Crippen molar-refractivity contribution in [3.8, 4) is 0 Å². The molecular weight excluding hydrogens is 174 g/mol. The maximum Gasteiger partial charge on any atom is 0.0946 e. The van der Waals surface area contributed by atoms with Crippen molar-refractivity contribution in [2.45, 2.75) is 45.3 Å². The molecule has 3 heteroatoms. The van der Waals surface area contributed by atoms with Crippen LogP contribution >= 0.6 is 0 Å². The molecule has 1 aliphatic rings. The minimum atomic E-state index is 0.528. The summed E-state index contributed by atoms with van der Waals surface area (Å²) < 4.78 is 2.12. The lowest BCUT2D eigenvalue weighted by atomic mass is 10.2. The van der Waals surface area contributed by atoms with Crippen molar-refractivity contribution in [2.24, 2.45) is 5.92 Å². The van der Waals surface area contributed by atoms with Crippen LogP contribution in [0.1, 0.15) is 26.7 Å². The summed E-state index contributed by atoms with van der Waals surface area (Å²) in [6.45, 7) is 5.54. The molecule has 1 aromatic rings. The molecule has 1 aromatic heterocycles. The second-order valence-electron chi connectivity index (χ2n) is 4.45. The van der Waals surface area contributed by atoms with Gasteiger partial charge in [-0.2, -0.15) is 0 Å². The summed E-state index contributed by atoms with van der Waals surface area (Å²) in [7, 11) is 0. The third kappa shape index (κ3) is 2.58. The number of nitrogens with one attached hydrogen (secondary N) is 1. The molecule has 0 aliphatic heterocycles. The van der Waals surface area contributed by atoms with Gasteiger partial charge >= 0.3 is 0 Å². The van der Waals surface area contributed by atoms with Crippen LogP contribution in [-0.4, -0.2) is 21.6 Å². The molecule has 0 spiro atoms. The Balaban J connectivity index is 1.75. The van der Waals surface area contributed by atoms with E-state index >= 15 is 0 Å². The van der Waals surface area contributed by atoms with E-state index in [1.165, 1.54) is 12.8 Å². The first-order valence-corrected chi connectivity index (χ1v) is 5.47. The van der Waals surface area contributed by atoms with Crippen LogP contribution in [0.2, 0.25) is 0 Å². The summed E-state index contributed by atoms with van der Waals surface area (Å²) in [6.07, 6.45) is 8.54. The van der Waals surface area contributed by atoms with Gasteiger partial charge in [-0.25, -0.2) is 4.98 Å². The Morgan fingerprint density at radius 1 is 1.50 bits per heavy atom. The fourth-order valence-corrected chi connectivity index (χ4v) is 1.94. The Bertz CT molecular complexity index is 264. The third-order valence-corrected chi connectivity index (χ3v) is 2.92. The number of aromatic nitrogens is 2. The maximum atomic E-state index is 4.04. The van der Waals surface area contributed by atoms with Gasteiger partial charge < -0.3 is 9.88 Å². The Labute approximate surface area is 85.5 Å². The fourth-order valence-electron chi connectivity index (χ4n) is 1.94. The molecule has 0 bridgehead atoms. The average molecular weight is 193 g/mol. The molecule has 1 aliphatic carbocycles. The molecule has 1 heterocycles. The number of hydrogen-bond acceptors (Lipinski definition) is 2. The predicted molar refractivity (Wildman–Crippen MR) is 57.0 cm³/mol. The summed E-state index contributed by atoms with van der Waals surface area (Å²) in [5, 5.41) is 3.63. The van der Waals surface area contributed by atoms with E-state index in [0.717, 1.165) is 12.5 Å². The van der Waals surface area contributed by atoms with Crippen molar-refractivity contribution in [2.75, 3.05) is 0 Å². The highest BCUT2D eigenvalue weighted by atomic mass is 15.1. The van der Waals surface area contributed by atoms with E-state index in [9.17, 15) is 0 Å². The van der Waals surface area contributed by atoms with Crippen LogP contribution in [0.3, 0.4) is 0 Å². The minimum absolute atomic E-state index is 0.528. The topological polar surface area (TPSA) is 29.9 Å². The van der Waals surface area contributed by atoms with E-state index in [0.29, 0.717) is 12.1 Å². The van der Waals surface area contributed by atoms with Crippen molar-refractivity contribution in [1.29, 1.82) is 0 Å². The summed E-state index contributed by atoms with van der Waals surface area (Å²) in [5.41, 5.74) is 0. The zero-order valence-electron chi connectivity index (χ0n) is 8.98. The van der Waals surface area contributed by atoms with Crippen molar-refractivity contribution < 1.29 is 0 Å². The van der Waals surface area contributed by atoms with Gasteiger partial charge in [0.2, 0.25) is 0 Å².